The van der Waals surface area contributed by atoms with Crippen LogP contribution in [-0.4, -0.2) is 13.4 Å². The van der Waals surface area contributed by atoms with Gasteiger partial charge in [-0.1, -0.05) is 35.7 Å². The minimum Gasteiger partial charge on any atom is -0.497 e. The van der Waals surface area contributed by atoms with Crippen LogP contribution in [0.2, 0.25) is 0 Å². The summed E-state index contributed by atoms with van der Waals surface area (Å²) in [6, 6.07) is 8.15. The molecule has 0 spiro atoms. The number of benzene rings is 1. The van der Waals surface area contributed by atoms with Gasteiger partial charge in [0.05, 0.1) is 15.6 Å². The molecule has 0 bridgehead atoms. The molecule has 0 N–H and O–H groups in total. The van der Waals surface area contributed by atoms with E-state index in [4.69, 9.17) is 4.74 Å². The van der Waals surface area contributed by atoms with Crippen LogP contribution in [0.1, 0.15) is 12.5 Å². The van der Waals surface area contributed by atoms with Crippen LogP contribution in [0.3, 0.4) is 0 Å². The Bertz CT molecular complexity index is 460. The van der Waals surface area contributed by atoms with Crippen LogP contribution in [0.25, 0.3) is 6.08 Å². The van der Waals surface area contributed by atoms with Crippen LogP contribution in [0.4, 0.5) is 0 Å². The lowest BCUT2D eigenvalue weighted by Crippen LogP contribution is -1.81. The van der Waals surface area contributed by atoms with Gasteiger partial charge in [-0.05, 0) is 37.0 Å². The molecule has 17 heavy (non-hydrogen) atoms. The van der Waals surface area contributed by atoms with Crippen LogP contribution in [-0.2, 0) is 0 Å². The fourth-order valence-corrected chi connectivity index (χ4v) is 5.02. The van der Waals surface area contributed by atoms with E-state index in [1.165, 1.54) is 18.9 Å². The normalized spacial score (nSPS) is 17.9. The molecule has 0 unspecified atom stereocenters. The van der Waals surface area contributed by atoms with Crippen molar-refractivity contribution in [3.05, 3.63) is 43.2 Å². The molecule has 0 aromatic heterocycles. The zero-order chi connectivity index (χ0) is 12.3. The predicted molar refractivity (Wildman–Crippen MR) is 82.4 cm³/mol. The van der Waals surface area contributed by atoms with Gasteiger partial charge in [0, 0.05) is 4.91 Å². The van der Waals surface area contributed by atoms with E-state index in [1.54, 1.807) is 7.11 Å². The van der Waals surface area contributed by atoms with Crippen LogP contribution in [0, 0.1) is 0 Å². The Hall–Kier alpha value is -0.450. The second-order valence-electron chi connectivity index (χ2n) is 3.49. The molecule has 1 aliphatic rings. The maximum Gasteiger partial charge on any atom is 0.118 e. The van der Waals surface area contributed by atoms with E-state index in [9.17, 15) is 0 Å². The van der Waals surface area contributed by atoms with Crippen molar-refractivity contribution in [2.24, 2.45) is 0 Å². The van der Waals surface area contributed by atoms with Crippen molar-refractivity contribution < 1.29 is 4.74 Å². The minimum absolute atomic E-state index is 0.901. The summed E-state index contributed by atoms with van der Waals surface area (Å²) in [5, 5.41) is 0. The molecular weight excluding hydrogens is 268 g/mol. The van der Waals surface area contributed by atoms with Crippen LogP contribution in [0.15, 0.2) is 37.6 Å². The first-order chi connectivity index (χ1) is 8.22. The first-order valence-electron chi connectivity index (χ1n) is 5.19. The average Bonchev–Trinajstić information content (AvgIpc) is 2.70. The van der Waals surface area contributed by atoms with Crippen molar-refractivity contribution in [3.63, 3.8) is 0 Å². The quantitative estimate of drug-likeness (QED) is 0.769. The number of rotatable bonds is 3. The Morgan fingerprint density at radius 2 is 1.88 bits per heavy atom. The van der Waals surface area contributed by atoms with Gasteiger partial charge >= 0.3 is 0 Å². The molecule has 0 saturated carbocycles. The van der Waals surface area contributed by atoms with Gasteiger partial charge in [0.25, 0.3) is 0 Å². The molecule has 1 aromatic rings. The van der Waals surface area contributed by atoms with Crippen molar-refractivity contribution in [2.75, 3.05) is 13.4 Å². The number of methoxy groups -OCH3 is 1. The Morgan fingerprint density at radius 1 is 1.18 bits per heavy atom. The summed E-state index contributed by atoms with van der Waals surface area (Å²) in [7, 11) is 1.69. The Morgan fingerprint density at radius 3 is 2.41 bits per heavy atom. The molecule has 0 amide bonds. The second kappa shape index (κ2) is 5.94. The summed E-state index contributed by atoms with van der Waals surface area (Å²) >= 11 is 5.54. The molecule has 0 fully saturated rings. The molecule has 1 nitrogen and oxygen atoms in total. The number of thioether (sulfide) groups is 3. The highest BCUT2D eigenvalue weighted by molar-refractivity contribution is 8.35. The Labute approximate surface area is 115 Å². The number of hydrogen-bond acceptors (Lipinski definition) is 4. The van der Waals surface area contributed by atoms with Crippen molar-refractivity contribution in [1.29, 1.82) is 0 Å². The lowest BCUT2D eigenvalue weighted by Gasteiger charge is -2.00. The molecule has 0 saturated heterocycles. The zero-order valence-corrected chi connectivity index (χ0v) is 12.5. The van der Waals surface area contributed by atoms with Gasteiger partial charge in [0.1, 0.15) is 5.75 Å². The van der Waals surface area contributed by atoms with Crippen LogP contribution < -0.4 is 4.74 Å². The third kappa shape index (κ3) is 3.27. The zero-order valence-electron chi connectivity index (χ0n) is 10.0. The van der Waals surface area contributed by atoms with E-state index < -0.39 is 0 Å². The highest BCUT2D eigenvalue weighted by atomic mass is 32.2. The molecule has 2 rings (SSSR count). The molecule has 4 heteroatoms. The summed E-state index contributed by atoms with van der Waals surface area (Å²) in [5.74, 6) is 0.901. The minimum atomic E-state index is 0.901. The smallest absolute Gasteiger partial charge is 0.118 e. The summed E-state index contributed by atoms with van der Waals surface area (Å²) in [6.45, 7) is 2.18. The lowest BCUT2D eigenvalue weighted by molar-refractivity contribution is 0.415. The standard InChI is InChI=1S/C13H14OS3/c1-9-13(15-3)17-12(16-9)8-10-4-6-11(14-2)7-5-10/h4-8H,1-3H3/b12-8+. The molecule has 1 aliphatic heterocycles. The van der Waals surface area contributed by atoms with E-state index in [0.29, 0.717) is 0 Å². The van der Waals surface area contributed by atoms with Gasteiger partial charge in [0.2, 0.25) is 0 Å². The van der Waals surface area contributed by atoms with E-state index in [1.807, 2.05) is 47.4 Å². The second-order valence-corrected chi connectivity index (χ2v) is 7.13. The molecule has 1 heterocycles. The Balaban J connectivity index is 2.11. The van der Waals surface area contributed by atoms with E-state index in [0.717, 1.165) is 5.75 Å². The highest BCUT2D eigenvalue weighted by Gasteiger charge is 2.16. The molecule has 1 aromatic carbocycles. The maximum atomic E-state index is 5.15. The molecule has 0 atom stereocenters. The van der Waals surface area contributed by atoms with Gasteiger partial charge in [-0.3, -0.25) is 0 Å². The largest absolute Gasteiger partial charge is 0.497 e. The molecular formula is C13H14OS3. The number of allylic oxidation sites excluding steroid dienone is 1. The lowest BCUT2D eigenvalue weighted by atomic mass is 10.2. The van der Waals surface area contributed by atoms with E-state index in [2.05, 4.69) is 31.4 Å². The third-order valence-electron chi connectivity index (χ3n) is 2.32. The van der Waals surface area contributed by atoms with Crippen molar-refractivity contribution in [2.45, 2.75) is 6.92 Å². The van der Waals surface area contributed by atoms with Crippen molar-refractivity contribution in [3.8, 4) is 5.75 Å². The van der Waals surface area contributed by atoms with Gasteiger partial charge in [-0.25, -0.2) is 0 Å². The summed E-state index contributed by atoms with van der Waals surface area (Å²) in [5.41, 5.74) is 1.22. The summed E-state index contributed by atoms with van der Waals surface area (Å²) in [6.07, 6.45) is 4.35. The maximum absolute atomic E-state index is 5.15. The van der Waals surface area contributed by atoms with Gasteiger partial charge in [-0.15, -0.1) is 11.8 Å². The molecule has 0 aliphatic carbocycles. The Kier molecular flexibility index (Phi) is 4.54. The van der Waals surface area contributed by atoms with Crippen LogP contribution in [0.5, 0.6) is 5.75 Å². The topological polar surface area (TPSA) is 9.23 Å². The fourth-order valence-electron chi connectivity index (χ4n) is 1.46. The monoisotopic (exact) mass is 282 g/mol. The first-order valence-corrected chi connectivity index (χ1v) is 8.05. The third-order valence-corrected chi connectivity index (χ3v) is 6.15. The van der Waals surface area contributed by atoms with Crippen LogP contribution >= 0.6 is 35.3 Å². The number of ether oxygens (including phenoxy) is 1. The predicted octanol–water partition coefficient (Wildman–Crippen LogP) is 5.03. The van der Waals surface area contributed by atoms with Gasteiger partial charge in [-0.2, -0.15) is 0 Å². The summed E-state index contributed by atoms with van der Waals surface area (Å²) in [4.78, 5) is 1.40. The average molecular weight is 282 g/mol. The highest BCUT2D eigenvalue weighted by Crippen LogP contribution is 2.53. The van der Waals surface area contributed by atoms with Crippen molar-refractivity contribution in [1.82, 2.24) is 0 Å². The molecule has 90 valence electrons. The van der Waals surface area contributed by atoms with Gasteiger partial charge in [0.15, 0.2) is 0 Å². The van der Waals surface area contributed by atoms with Gasteiger partial charge < -0.3 is 4.74 Å². The fraction of sp³-hybridized carbons (Fsp3) is 0.231. The summed E-state index contributed by atoms with van der Waals surface area (Å²) < 4.78 is 7.90. The van der Waals surface area contributed by atoms with Crippen molar-refractivity contribution >= 4 is 41.4 Å². The first kappa shape index (κ1) is 13.0. The van der Waals surface area contributed by atoms with E-state index in [-0.39, 0.29) is 0 Å². The number of hydrogen-bond donors (Lipinski definition) is 0. The molecule has 0 radical (unpaired) electrons. The SMILES string of the molecule is COc1ccc(/C=C2\SC(C)=C(SC)S2)cc1. The van der Waals surface area contributed by atoms with E-state index >= 15 is 0 Å².